The average Bonchev–Trinajstić information content (AvgIpc) is 0.811. The molecule has 8 heavy (non-hydrogen) atoms. The van der Waals surface area contributed by atoms with Crippen LogP contribution in [-0.2, 0) is 4.46 Å². The Kier molecular flexibility index (Phi) is 89.8. The maximum Gasteiger partial charge on any atom is 2.00 e. The van der Waals surface area contributed by atoms with Crippen LogP contribution in [0, 0.1) is 0 Å². The first-order chi connectivity index (χ1) is 1.73. The SMILES string of the molecule is O.O=[Si](O)O.[AlH3].[Ca+2].[H-].[H-].[H-].[Na+]. The van der Waals surface area contributed by atoms with E-state index in [1.807, 2.05) is 0 Å². The Morgan fingerprint density at radius 3 is 1.38 bits per heavy atom. The van der Waals surface area contributed by atoms with Crippen LogP contribution in [0.15, 0.2) is 0 Å². The van der Waals surface area contributed by atoms with Gasteiger partial charge in [-0.2, -0.15) is 0 Å². The first kappa shape index (κ1) is 31.6. The van der Waals surface area contributed by atoms with E-state index in [0.29, 0.717) is 0 Å². The molecule has 44 valence electrons. The summed E-state index contributed by atoms with van der Waals surface area (Å²) in [6.45, 7) is 0. The molecule has 0 aliphatic carbocycles. The van der Waals surface area contributed by atoms with Gasteiger partial charge in [0, 0.05) is 0 Å². The van der Waals surface area contributed by atoms with E-state index in [1.165, 1.54) is 0 Å². The quantitative estimate of drug-likeness (QED) is 0.374. The van der Waals surface area contributed by atoms with E-state index in [9.17, 15) is 0 Å². The van der Waals surface area contributed by atoms with Crippen molar-refractivity contribution in [1.29, 1.82) is 0 Å². The monoisotopic (exact) mass is 192 g/mol. The van der Waals surface area contributed by atoms with Gasteiger partial charge < -0.3 is 19.3 Å². The third kappa shape index (κ3) is 81.0. The van der Waals surface area contributed by atoms with Gasteiger partial charge in [-0.3, -0.25) is 4.46 Å². The zero-order valence-electron chi connectivity index (χ0n) is 7.01. The number of rotatable bonds is 0. The van der Waals surface area contributed by atoms with Crippen LogP contribution >= 0.6 is 0 Å². The first-order valence-corrected chi connectivity index (χ1v) is 1.95. The van der Waals surface area contributed by atoms with Gasteiger partial charge in [0.05, 0.1) is 0 Å². The number of hydrogen-bond acceptors (Lipinski definition) is 1. The van der Waals surface area contributed by atoms with E-state index in [1.54, 1.807) is 0 Å². The largest absolute Gasteiger partial charge is 2.00 e. The molecule has 0 aromatic heterocycles. The fourth-order valence-corrected chi connectivity index (χ4v) is 0. The molecule has 0 saturated carbocycles. The maximum absolute atomic E-state index is 8.74. The third-order valence-corrected chi connectivity index (χ3v) is 0. The number of hydrogen-bond donors (Lipinski definition) is 2. The van der Waals surface area contributed by atoms with Gasteiger partial charge in [0.1, 0.15) is 0 Å². The molecule has 0 amide bonds. The van der Waals surface area contributed by atoms with E-state index in [4.69, 9.17) is 14.1 Å². The van der Waals surface area contributed by atoms with Crippen LogP contribution in [0.4, 0.5) is 0 Å². The molecule has 0 saturated heterocycles. The summed E-state index contributed by atoms with van der Waals surface area (Å²) < 4.78 is 8.74. The molecular formula is H10AlCaNaO4Si. The Balaban J connectivity index is -0.00000000214. The van der Waals surface area contributed by atoms with Gasteiger partial charge in [-0.1, -0.05) is 0 Å². The van der Waals surface area contributed by atoms with Crippen molar-refractivity contribution in [1.82, 2.24) is 0 Å². The zero-order chi connectivity index (χ0) is 3.58. The van der Waals surface area contributed by atoms with Crippen molar-refractivity contribution in [2.45, 2.75) is 0 Å². The molecule has 0 rings (SSSR count). The summed E-state index contributed by atoms with van der Waals surface area (Å²) in [6, 6.07) is 0. The average molecular weight is 192 g/mol. The normalized spacial score (nSPS) is 3.00. The Morgan fingerprint density at radius 1 is 1.38 bits per heavy atom. The van der Waals surface area contributed by atoms with Crippen LogP contribution < -0.4 is 29.6 Å². The maximum atomic E-state index is 8.74. The van der Waals surface area contributed by atoms with Gasteiger partial charge in [0.2, 0.25) is 0 Å². The van der Waals surface area contributed by atoms with Gasteiger partial charge in [0.25, 0.3) is 0 Å². The molecule has 0 aliphatic heterocycles. The Hall–Kier alpha value is 2.37. The van der Waals surface area contributed by atoms with Crippen molar-refractivity contribution in [2.75, 3.05) is 0 Å². The van der Waals surface area contributed by atoms with Crippen molar-refractivity contribution >= 4 is 64.3 Å². The van der Waals surface area contributed by atoms with Crippen LogP contribution in [0.5, 0.6) is 0 Å². The fraction of sp³-hybridized carbons (Fsp3) is 0. The summed E-state index contributed by atoms with van der Waals surface area (Å²) in [7, 11) is -3.13. The van der Waals surface area contributed by atoms with E-state index in [-0.39, 0.29) is 94.4 Å². The first-order valence-electron chi connectivity index (χ1n) is 0.651. The standard InChI is InChI=1S/Al.Ca.Na.H2O3Si.H2O.6H/c;;;1-4(2)3;;;;;;;/h;;;1-2H;1H2;;;;;;/q;+2;+1;;;;;;3*-1. The molecule has 0 heterocycles. The zero-order valence-corrected chi connectivity index (χ0v) is 9.22. The van der Waals surface area contributed by atoms with Crippen LogP contribution in [0.25, 0.3) is 0 Å². The van der Waals surface area contributed by atoms with Crippen molar-refractivity contribution in [3.05, 3.63) is 0 Å². The van der Waals surface area contributed by atoms with E-state index >= 15 is 0 Å². The third-order valence-electron chi connectivity index (χ3n) is 0. The second kappa shape index (κ2) is 22.8. The molecule has 0 fully saturated rings. The van der Waals surface area contributed by atoms with Crippen LogP contribution in [0.3, 0.4) is 0 Å². The van der Waals surface area contributed by atoms with Gasteiger partial charge in [-0.15, -0.1) is 0 Å². The summed E-state index contributed by atoms with van der Waals surface area (Å²) in [5.41, 5.74) is 0. The minimum Gasteiger partial charge on any atom is -1.00 e. The van der Waals surface area contributed by atoms with Crippen molar-refractivity contribution < 1.29 is 53.4 Å². The Morgan fingerprint density at radius 2 is 1.38 bits per heavy atom. The van der Waals surface area contributed by atoms with E-state index in [2.05, 4.69) is 0 Å². The second-order valence-electron chi connectivity index (χ2n) is 0.283. The summed E-state index contributed by atoms with van der Waals surface area (Å²) in [6.07, 6.45) is 0. The topological polar surface area (TPSA) is 89.0 Å². The smallest absolute Gasteiger partial charge is 1.00 e. The van der Waals surface area contributed by atoms with Crippen molar-refractivity contribution in [3.63, 3.8) is 0 Å². The van der Waals surface area contributed by atoms with Crippen molar-refractivity contribution in [3.8, 4) is 0 Å². The molecule has 4 nitrogen and oxygen atoms in total. The molecule has 8 heteroatoms. The van der Waals surface area contributed by atoms with E-state index < -0.39 is 9.17 Å². The molecule has 0 aliphatic rings. The molecule has 0 atom stereocenters. The predicted octanol–water partition coefficient (Wildman–Crippen LogP) is -6.66. The van der Waals surface area contributed by atoms with Crippen molar-refractivity contribution in [2.24, 2.45) is 0 Å². The Labute approximate surface area is 116 Å². The summed E-state index contributed by atoms with van der Waals surface area (Å²) >= 11 is 0. The van der Waals surface area contributed by atoms with Gasteiger partial charge in [0.15, 0.2) is 17.4 Å². The summed E-state index contributed by atoms with van der Waals surface area (Å²) in [5.74, 6) is 0. The van der Waals surface area contributed by atoms with E-state index in [0.717, 1.165) is 0 Å². The summed E-state index contributed by atoms with van der Waals surface area (Å²) in [5, 5.41) is 0. The summed E-state index contributed by atoms with van der Waals surface area (Å²) in [4.78, 5) is 14.3. The molecular weight excluding hydrogens is 182 g/mol. The van der Waals surface area contributed by atoms with Gasteiger partial charge in [-0.25, -0.2) is 0 Å². The molecule has 0 aromatic carbocycles. The Bertz CT molecular complexity index is 48.3. The van der Waals surface area contributed by atoms with Crippen LogP contribution in [0.1, 0.15) is 4.28 Å². The molecule has 0 spiro atoms. The second-order valence-corrected chi connectivity index (χ2v) is 0.848. The molecule has 0 unspecified atom stereocenters. The predicted molar refractivity (Wildman–Crippen MR) is 33.5 cm³/mol. The van der Waals surface area contributed by atoms with Gasteiger partial charge >= 0.3 is 76.5 Å². The minimum atomic E-state index is -3.13. The van der Waals surface area contributed by atoms with Gasteiger partial charge in [-0.05, 0) is 0 Å². The molecule has 0 radical (unpaired) electrons. The molecule has 0 bridgehead atoms. The van der Waals surface area contributed by atoms with Crippen LogP contribution in [-0.4, -0.2) is 79.3 Å². The minimum absolute atomic E-state index is 0. The molecule has 0 aromatic rings. The fourth-order valence-electron chi connectivity index (χ4n) is 0. The van der Waals surface area contributed by atoms with Crippen LogP contribution in [0.2, 0.25) is 0 Å². The molecule has 4 N–H and O–H groups in total.